The molecular formula is C42H33N11O22S6. The molecule has 0 atom stereocenters. The minimum absolute atomic E-state index is 0.0589. The molecule has 0 radical (unpaired) electrons. The Morgan fingerprint density at radius 2 is 1.27 bits per heavy atom. The first kappa shape index (κ1) is 60.4. The first-order valence-corrected chi connectivity index (χ1v) is 28.8. The Kier molecular flexibility index (Phi) is 19.0. The predicted octanol–water partition coefficient (Wildman–Crippen LogP) is 5.82. The number of azo groups is 2. The number of hydrogen-bond donors (Lipinski definition) is 9. The summed E-state index contributed by atoms with van der Waals surface area (Å²) in [7, 11) is -19.2. The van der Waals surface area contributed by atoms with Crippen molar-refractivity contribution in [3.05, 3.63) is 157 Å². The summed E-state index contributed by atoms with van der Waals surface area (Å²) in [5, 5.41) is 68.2. The molecule has 0 saturated heterocycles. The van der Waals surface area contributed by atoms with Crippen molar-refractivity contribution in [2.75, 3.05) is 33.7 Å². The van der Waals surface area contributed by atoms with Crippen LogP contribution in [0.3, 0.4) is 0 Å². The maximum atomic E-state index is 13.4. The zero-order valence-corrected chi connectivity index (χ0v) is 44.6. The van der Waals surface area contributed by atoms with E-state index in [2.05, 4.69) is 65.0 Å². The molecule has 10 N–H and O–H groups in total. The Hall–Kier alpha value is -8.26. The summed E-state index contributed by atoms with van der Waals surface area (Å²) >= 11 is 0.234. The van der Waals surface area contributed by atoms with Gasteiger partial charge in [-0.15, -0.1) is 24.0 Å². The van der Waals surface area contributed by atoms with Crippen LogP contribution in [-0.4, -0.2) is 75.7 Å². The summed E-state index contributed by atoms with van der Waals surface area (Å²) in [5.74, 6) is -1.84. The third-order valence-electron chi connectivity index (χ3n) is 10.4. The molecule has 0 fully saturated rings. The van der Waals surface area contributed by atoms with E-state index in [0.29, 0.717) is 6.07 Å². The quantitative estimate of drug-likeness (QED) is 0.00503. The minimum Gasteiger partial charge on any atom is -0.505 e. The van der Waals surface area contributed by atoms with Gasteiger partial charge < -0.3 is 10.8 Å². The molecule has 0 aliphatic carbocycles. The number of anilines is 4. The smallest absolute Gasteiger partial charge is 0.296 e. The van der Waals surface area contributed by atoms with E-state index in [0.717, 1.165) is 60.7 Å². The van der Waals surface area contributed by atoms with Crippen molar-refractivity contribution in [3.8, 4) is 5.75 Å². The van der Waals surface area contributed by atoms with Crippen molar-refractivity contribution >= 4 is 126 Å². The van der Waals surface area contributed by atoms with E-state index in [1.165, 1.54) is 48.5 Å². The lowest BCUT2D eigenvalue weighted by Gasteiger charge is -2.14. The van der Waals surface area contributed by atoms with Crippen LogP contribution in [0.2, 0.25) is 0 Å². The molecule has 424 valence electrons. The number of phenolic OH excluding ortho intramolecular Hbond substituents is 1. The number of nitrogen functional groups attached to an aromatic ring is 1. The summed E-state index contributed by atoms with van der Waals surface area (Å²) in [6, 6.07) is 21.2. The molecule has 0 aliphatic rings. The van der Waals surface area contributed by atoms with Crippen molar-refractivity contribution in [1.82, 2.24) is 0 Å². The molecule has 0 saturated carbocycles. The monoisotopic (exact) mass is 1240 g/mol. The number of nitrogens with zero attached hydrogens (tertiary/aromatic N) is 7. The van der Waals surface area contributed by atoms with Gasteiger partial charge in [-0.1, -0.05) is 10.1 Å². The summed E-state index contributed by atoms with van der Waals surface area (Å²) in [5.41, 5.74) is 7.44. The molecule has 0 amide bonds. The molecule has 33 nitrogen and oxygen atoms in total. The standard InChI is InChI=1S/C42H33N11O22S6/c43-37-36-22(19-33(76-74-72-59)39(37)50-47-30-14-13-29(21-34(30)80(65,66)67)78(61,62)18-17-71-77-75-73-60)20-35(81(68,69)70)40(42(36)56)51-46-25-7-11-28(12-8-25)79(63,64)52-26-3-1-23(2-4-26)44-48-31-15-16-32(54)38(41(31)55)49-45-24-5-9-27(10-6-24)53(57)58/h1-16,19-21,44-45,52,56,59-60H,17-18,43H2,(H,65,66,67)(H,68,69,70)/b48-31-,49-38+,50-47?,51-46?. The lowest BCUT2D eigenvalue weighted by molar-refractivity contribution is -0.434. The van der Waals surface area contributed by atoms with Crippen LogP contribution < -0.4 is 42.9 Å². The minimum atomic E-state index is -5.27. The van der Waals surface area contributed by atoms with E-state index in [1.807, 2.05) is 0 Å². The van der Waals surface area contributed by atoms with Gasteiger partial charge in [0.2, 0.25) is 10.9 Å². The van der Waals surface area contributed by atoms with Gasteiger partial charge >= 0.3 is 0 Å². The number of hydrogen-bond acceptors (Lipinski definition) is 31. The number of aromatic hydroxyl groups is 1. The third-order valence-corrected chi connectivity index (χ3v) is 16.2. The number of sulfonamides is 1. The van der Waals surface area contributed by atoms with E-state index in [1.54, 1.807) is 0 Å². The highest BCUT2D eigenvalue weighted by molar-refractivity contribution is 7.94. The Labute approximate surface area is 461 Å². The molecule has 0 aliphatic heterocycles. The fourth-order valence-electron chi connectivity index (χ4n) is 6.70. The van der Waals surface area contributed by atoms with Crippen LogP contribution in [0.1, 0.15) is 0 Å². The second kappa shape index (κ2) is 25.5. The topological polar surface area (TPSA) is 497 Å². The molecule has 7 rings (SSSR count). The van der Waals surface area contributed by atoms with Crippen molar-refractivity contribution in [2.45, 2.75) is 24.5 Å². The van der Waals surface area contributed by atoms with Crippen molar-refractivity contribution in [3.63, 3.8) is 0 Å². The normalized spacial score (nSPS) is 12.9. The third kappa shape index (κ3) is 15.0. The molecule has 81 heavy (non-hydrogen) atoms. The van der Waals surface area contributed by atoms with Gasteiger partial charge in [0.15, 0.2) is 33.3 Å². The van der Waals surface area contributed by atoms with Crippen LogP contribution in [-0.2, 0) is 63.0 Å². The van der Waals surface area contributed by atoms with E-state index in [4.69, 9.17) is 20.4 Å². The van der Waals surface area contributed by atoms with Crippen molar-refractivity contribution in [1.29, 1.82) is 0 Å². The molecule has 0 spiro atoms. The number of fused-ring (bicyclic) bond motifs is 1. The summed E-state index contributed by atoms with van der Waals surface area (Å²) < 4.78 is 139. The molecule has 0 heterocycles. The van der Waals surface area contributed by atoms with E-state index < -0.39 is 122 Å². The Morgan fingerprint density at radius 3 is 1.90 bits per heavy atom. The Bertz CT molecular complexity index is 4350. The van der Waals surface area contributed by atoms with E-state index >= 15 is 0 Å². The first-order chi connectivity index (χ1) is 38.3. The Balaban J connectivity index is 1.11. The molecule has 0 bridgehead atoms. The average molecular weight is 1240 g/mol. The number of nitrogens with one attached hydrogen (secondary N) is 3. The first-order valence-electron chi connectivity index (χ1n) is 21.4. The van der Waals surface area contributed by atoms with Gasteiger partial charge in [-0.05, 0) is 109 Å². The maximum Gasteiger partial charge on any atom is 0.296 e. The second-order valence-corrected chi connectivity index (χ2v) is 23.4. The van der Waals surface area contributed by atoms with Gasteiger partial charge in [0.1, 0.15) is 32.2 Å². The van der Waals surface area contributed by atoms with Gasteiger partial charge in [-0.3, -0.25) is 48.6 Å². The number of sulfone groups is 1. The van der Waals surface area contributed by atoms with Gasteiger partial charge in [0, 0.05) is 17.8 Å². The number of nitro groups is 1. The van der Waals surface area contributed by atoms with Crippen molar-refractivity contribution < 1.29 is 86.2 Å². The van der Waals surface area contributed by atoms with Gasteiger partial charge in [-0.25, -0.2) is 27.4 Å². The van der Waals surface area contributed by atoms with Crippen LogP contribution >= 0.6 is 24.4 Å². The zero-order valence-electron chi connectivity index (χ0n) is 39.7. The van der Waals surface area contributed by atoms with E-state index in [9.17, 15) is 67.6 Å². The Morgan fingerprint density at radius 1 is 0.667 bits per heavy atom. The molecule has 7 aromatic carbocycles. The number of nitro benzene ring substituents is 1. The molecule has 39 heteroatoms. The number of nitrogens with two attached hydrogens (primary N) is 1. The highest BCUT2D eigenvalue weighted by atomic mass is 32.2. The molecular weight excluding hydrogens is 1200 g/mol. The van der Waals surface area contributed by atoms with Gasteiger partial charge in [0.05, 0.1) is 72.1 Å². The van der Waals surface area contributed by atoms with Crippen LogP contribution in [0, 0.1) is 10.1 Å². The predicted molar refractivity (Wildman–Crippen MR) is 282 cm³/mol. The van der Waals surface area contributed by atoms with Crippen LogP contribution in [0.25, 0.3) is 10.8 Å². The van der Waals surface area contributed by atoms with Crippen LogP contribution in [0.15, 0.2) is 180 Å². The van der Waals surface area contributed by atoms with Crippen LogP contribution in [0.4, 0.5) is 51.2 Å². The molecule has 0 aromatic heterocycles. The number of non-ortho nitro benzene ring substituents is 1. The van der Waals surface area contributed by atoms with Crippen molar-refractivity contribution in [2.24, 2.45) is 30.7 Å². The SMILES string of the molecule is Nc1c(N=Nc2ccc(S(=O)(=O)CCOSOOO)cc2S(=O)(=O)O)c(SOOO)cc2cc(S(=O)(=O)O)c(N=Nc3ccc(S(=O)(=O)Nc4ccc(N/N=c5/ccc(=O)/c(=N\Nc6ccc([N+](=O)[O-])cc6)c5=O)cc4)cc3)c(O)c12. The maximum absolute atomic E-state index is 13.4. The summed E-state index contributed by atoms with van der Waals surface area (Å²) in [4.78, 5) is 32.3. The number of phenols is 1. The highest BCUT2D eigenvalue weighted by Gasteiger charge is 2.27. The van der Waals surface area contributed by atoms with Crippen LogP contribution in [0.5, 0.6) is 5.75 Å². The number of rotatable bonds is 24. The number of benzene rings is 7. The lowest BCUT2D eigenvalue weighted by Crippen LogP contribution is -2.47. The summed E-state index contributed by atoms with van der Waals surface area (Å²) in [6.45, 7) is -0.560. The molecule has 7 aromatic rings. The largest absolute Gasteiger partial charge is 0.505 e. The second-order valence-electron chi connectivity index (χ2n) is 15.6. The zero-order chi connectivity index (χ0) is 58.9. The fourth-order valence-corrected chi connectivity index (χ4v) is 11.1. The lowest BCUT2D eigenvalue weighted by atomic mass is 10.1. The summed E-state index contributed by atoms with van der Waals surface area (Å²) in [6.07, 6.45) is 0. The highest BCUT2D eigenvalue weighted by Crippen LogP contribution is 2.49. The van der Waals surface area contributed by atoms with E-state index in [-0.39, 0.29) is 73.3 Å². The average Bonchev–Trinajstić information content (AvgIpc) is 3.49. The van der Waals surface area contributed by atoms with Gasteiger partial charge in [-0.2, -0.15) is 32.2 Å². The molecule has 0 unspecified atom stereocenters. The fraction of sp³-hybridized carbons (Fsp3) is 0.0476. The van der Waals surface area contributed by atoms with Gasteiger partial charge in [0.25, 0.3) is 35.9 Å².